The molecule has 0 aromatic heterocycles. The smallest absolute Gasteiger partial charge is 0.440 e. The van der Waals surface area contributed by atoms with Gasteiger partial charge in [0.15, 0.2) is 0 Å². The predicted molar refractivity (Wildman–Crippen MR) is 159 cm³/mol. The molecule has 0 aliphatic heterocycles. The van der Waals surface area contributed by atoms with Crippen molar-refractivity contribution in [2.45, 2.75) is 33.8 Å². The van der Waals surface area contributed by atoms with Crippen molar-refractivity contribution in [1.29, 1.82) is 0 Å². The second-order valence-electron chi connectivity index (χ2n) is 5.40. The van der Waals surface area contributed by atoms with E-state index in [1.54, 1.807) is 0 Å². The van der Waals surface area contributed by atoms with E-state index < -0.39 is 63.1 Å². The lowest BCUT2D eigenvalue weighted by Gasteiger charge is -2.18. The second-order valence-corrected chi connectivity index (χ2v) is 5.40. The maximum absolute atomic E-state index is 11.6. The number of amides is 4. The van der Waals surface area contributed by atoms with Gasteiger partial charge in [0.05, 0.1) is 14.2 Å². The minimum Gasteiger partial charge on any atom is -0.481 e. The normalized spacial score (nSPS) is 8.16. The third-order valence-electron chi connectivity index (χ3n) is 2.90. The van der Waals surface area contributed by atoms with Crippen LogP contribution < -0.4 is 21.6 Å². The van der Waals surface area contributed by atoms with Gasteiger partial charge in [-0.2, -0.15) is 20.7 Å². The Morgan fingerprint density at radius 3 is 1.34 bits per heavy atom. The van der Waals surface area contributed by atoms with Gasteiger partial charge in [-0.05, 0) is 6.42 Å². The second kappa shape index (κ2) is 48.1. The molecule has 5 N–H and O–H groups in total. The number of carboxylic acid groups (broad SMARTS) is 1. The largest absolute Gasteiger partial charge is 0.481 e. The van der Waals surface area contributed by atoms with E-state index in [0.717, 1.165) is 14.2 Å². The Hall–Kier alpha value is -4.69. The Bertz CT molecular complexity index is 652. The zero-order chi connectivity index (χ0) is 33.6. The van der Waals surface area contributed by atoms with E-state index in [2.05, 4.69) is 81.9 Å². The summed E-state index contributed by atoms with van der Waals surface area (Å²) >= 11 is 0. The van der Waals surface area contributed by atoms with Crippen molar-refractivity contribution in [3.05, 3.63) is 52.6 Å². The minimum atomic E-state index is -1.08. The van der Waals surface area contributed by atoms with Crippen LogP contribution in [0.15, 0.2) is 52.6 Å². The molecule has 0 aliphatic carbocycles. The van der Waals surface area contributed by atoms with Crippen LogP contribution >= 0.6 is 0 Å². The van der Waals surface area contributed by atoms with E-state index in [4.69, 9.17) is 19.3 Å². The average molecular weight is 647 g/mol. The summed E-state index contributed by atoms with van der Waals surface area (Å²) in [6.07, 6.45) is -5.13. The van der Waals surface area contributed by atoms with Gasteiger partial charge in [-0.1, -0.05) is 14.9 Å². The molecule has 0 saturated heterocycles. The molecule has 0 atom stereocenters. The fourth-order valence-electron chi connectivity index (χ4n) is 1.60. The predicted octanol–water partition coefficient (Wildman–Crippen LogP) is 3.52. The molecule has 0 heterocycles. The summed E-state index contributed by atoms with van der Waals surface area (Å²) in [7, 11) is 2.21. The van der Waals surface area contributed by atoms with E-state index in [-0.39, 0.29) is 34.3 Å². The number of hydroxylamine groups is 2. The van der Waals surface area contributed by atoms with Gasteiger partial charge in [-0.15, -0.1) is 52.6 Å². The van der Waals surface area contributed by atoms with E-state index in [1.807, 2.05) is 21.6 Å². The van der Waals surface area contributed by atoms with Gasteiger partial charge >= 0.3 is 30.3 Å². The summed E-state index contributed by atoms with van der Waals surface area (Å²) in [5.41, 5.74) is 3.67. The molecule has 0 radical (unpaired) electrons. The van der Waals surface area contributed by atoms with Crippen molar-refractivity contribution in [2.75, 3.05) is 47.5 Å². The summed E-state index contributed by atoms with van der Waals surface area (Å²) in [4.78, 5) is 81.1. The number of rotatable bonds is 17. The molecule has 0 unspecified atom stereocenters. The van der Waals surface area contributed by atoms with E-state index in [9.17, 15) is 24.0 Å². The van der Waals surface area contributed by atoms with Crippen LogP contribution in [0.1, 0.15) is 27.7 Å². The lowest BCUT2D eigenvalue weighted by atomic mass is 10.3. The SMILES string of the molecule is C.C.C=C.C=C.C=C.C=C.COOC(=O)NCONC(=O)OCC(COC(=O)NOCNC(=O)OOC)OCCCC(=O)O. The first-order valence-corrected chi connectivity index (χ1v) is 11.2. The number of nitrogens with one attached hydrogen (secondary N) is 4. The lowest BCUT2D eigenvalue weighted by molar-refractivity contribution is -0.214. The zero-order valence-corrected chi connectivity index (χ0v) is 23.8. The lowest BCUT2D eigenvalue weighted by Crippen LogP contribution is -2.37. The number of carbonyl (C=O) groups is 5. The molecule has 0 fully saturated rings. The highest BCUT2D eigenvalue weighted by atomic mass is 17.2. The van der Waals surface area contributed by atoms with Gasteiger partial charge in [0.2, 0.25) is 0 Å². The third-order valence-corrected chi connectivity index (χ3v) is 2.90. The summed E-state index contributed by atoms with van der Waals surface area (Å²) < 4.78 is 15.0. The third kappa shape index (κ3) is 47.1. The number of hydrogen-bond donors (Lipinski definition) is 5. The summed E-state index contributed by atoms with van der Waals surface area (Å²) in [6, 6.07) is 0. The van der Waals surface area contributed by atoms with Crippen LogP contribution in [0.4, 0.5) is 19.2 Å². The van der Waals surface area contributed by atoms with Crippen molar-refractivity contribution in [3.8, 4) is 0 Å². The number of hydrogen-bond acceptors (Lipinski definition) is 14. The molecule has 0 aromatic carbocycles. The monoisotopic (exact) mass is 646 g/mol. The molecule has 0 spiro atoms. The first kappa shape index (κ1) is 55.3. The van der Waals surface area contributed by atoms with Crippen molar-refractivity contribution in [1.82, 2.24) is 21.6 Å². The van der Waals surface area contributed by atoms with Crippen LogP contribution in [0.5, 0.6) is 0 Å². The molecule has 19 nitrogen and oxygen atoms in total. The first-order chi connectivity index (χ1) is 20.3. The number of ether oxygens (including phenoxy) is 3. The molecular formula is C25H50N4O15. The van der Waals surface area contributed by atoms with Gasteiger partial charge < -0.3 is 19.3 Å². The van der Waals surface area contributed by atoms with Gasteiger partial charge in [0, 0.05) is 13.0 Å². The maximum atomic E-state index is 11.6. The van der Waals surface area contributed by atoms with Crippen molar-refractivity contribution in [2.24, 2.45) is 0 Å². The topological polar surface area (TPSA) is 237 Å². The molecule has 0 aliphatic rings. The zero-order valence-electron chi connectivity index (χ0n) is 23.8. The van der Waals surface area contributed by atoms with Crippen LogP contribution in [0.25, 0.3) is 0 Å². The van der Waals surface area contributed by atoms with Crippen LogP contribution in [-0.4, -0.2) is 89.1 Å². The number of carboxylic acids is 1. The molecule has 0 aromatic rings. The van der Waals surface area contributed by atoms with Gasteiger partial charge in [-0.25, -0.2) is 28.9 Å². The fourth-order valence-corrected chi connectivity index (χ4v) is 1.60. The molecule has 0 bridgehead atoms. The fraction of sp³-hybridized carbons (Fsp3) is 0.480. The molecular weight excluding hydrogens is 596 g/mol. The van der Waals surface area contributed by atoms with Crippen LogP contribution in [0.3, 0.4) is 0 Å². The van der Waals surface area contributed by atoms with Crippen molar-refractivity contribution < 1.29 is 72.5 Å². The summed E-state index contributed by atoms with van der Waals surface area (Å²) in [6.45, 7) is 22.1. The average Bonchev–Trinajstić information content (AvgIpc) is 3.01. The Kier molecular flexibility index (Phi) is 60.4. The van der Waals surface area contributed by atoms with Crippen molar-refractivity contribution >= 4 is 30.3 Å². The van der Waals surface area contributed by atoms with Crippen molar-refractivity contribution in [3.63, 3.8) is 0 Å². The highest BCUT2D eigenvalue weighted by Crippen LogP contribution is 2.00. The summed E-state index contributed by atoms with van der Waals surface area (Å²) in [5.74, 6) is -1.04. The summed E-state index contributed by atoms with van der Waals surface area (Å²) in [5, 5.41) is 12.7. The van der Waals surface area contributed by atoms with Gasteiger partial charge in [0.25, 0.3) is 0 Å². The minimum absolute atomic E-state index is 0. The molecule has 44 heavy (non-hydrogen) atoms. The molecule has 0 saturated carbocycles. The Morgan fingerprint density at radius 1 is 0.659 bits per heavy atom. The number of aliphatic carboxylic acids is 1. The van der Waals surface area contributed by atoms with E-state index >= 15 is 0 Å². The molecule has 4 amide bonds. The standard InChI is InChI=1S/C15H26N4O15.4C2H4.2CH4/c1-26-33-12(22)16-8-31-18-14(24)29-6-10(28-5-3-4-11(20)21)7-30-15(25)19-32-9-17-13(23)34-27-2;4*1-2;;/h10H,3-9H2,1-2H3,(H,16,22)(H,17,23)(H,18,24)(H,19,25)(H,20,21);4*1-2H2;2*1H4. The van der Waals surface area contributed by atoms with E-state index in [0.29, 0.717) is 0 Å². The van der Waals surface area contributed by atoms with Crippen LogP contribution in [0.2, 0.25) is 0 Å². The molecule has 0 rings (SSSR count). The van der Waals surface area contributed by atoms with E-state index in [1.165, 1.54) is 0 Å². The van der Waals surface area contributed by atoms with Crippen LogP contribution in [0, 0.1) is 0 Å². The highest BCUT2D eigenvalue weighted by Gasteiger charge is 2.16. The van der Waals surface area contributed by atoms with Gasteiger partial charge in [-0.3, -0.25) is 25.2 Å². The van der Waals surface area contributed by atoms with Gasteiger partial charge in [0.1, 0.15) is 32.8 Å². The first-order valence-electron chi connectivity index (χ1n) is 11.2. The highest BCUT2D eigenvalue weighted by molar-refractivity contribution is 5.67. The maximum Gasteiger partial charge on any atom is 0.440 e. The molecule has 19 heteroatoms. The molecule has 260 valence electrons. The Balaban J connectivity index is -0.000000251. The quantitative estimate of drug-likeness (QED) is 0.0499. The van der Waals surface area contributed by atoms with Crippen LogP contribution in [-0.2, 0) is 48.2 Å². The number of carbonyl (C=O) groups excluding carboxylic acids is 4. The Morgan fingerprint density at radius 2 is 1.02 bits per heavy atom. The Labute approximate surface area is 258 Å².